The molecule has 1 N–H and O–H groups in total. The van der Waals surface area contributed by atoms with Crippen LogP contribution in [0.25, 0.3) is 0 Å². The van der Waals surface area contributed by atoms with E-state index in [9.17, 15) is 4.79 Å². The molecule has 0 saturated carbocycles. The molecule has 0 bridgehead atoms. The molecule has 154 valence electrons. The van der Waals surface area contributed by atoms with E-state index in [0.29, 0.717) is 17.9 Å². The monoisotopic (exact) mass is 395 g/mol. The number of carbonyl (C=O) groups is 1. The lowest BCUT2D eigenvalue weighted by Crippen LogP contribution is -2.43. The molecule has 0 aliphatic carbocycles. The van der Waals surface area contributed by atoms with Crippen molar-refractivity contribution in [2.75, 3.05) is 58.5 Å². The number of carbonyl (C=O) groups excluding carboxylic acids is 1. The van der Waals surface area contributed by atoms with Crippen molar-refractivity contribution in [1.82, 2.24) is 10.2 Å². The van der Waals surface area contributed by atoms with E-state index in [1.165, 1.54) is 16.8 Å². The normalized spacial score (nSPS) is 17.7. The molecular weight excluding hydrogens is 366 g/mol. The third kappa shape index (κ3) is 4.38. The topological polar surface area (TPSA) is 54.0 Å². The van der Waals surface area contributed by atoms with Gasteiger partial charge in [0.25, 0.3) is 5.91 Å². The van der Waals surface area contributed by atoms with Gasteiger partial charge in [-0.3, -0.25) is 9.69 Å². The Balaban J connectivity index is 1.52. The van der Waals surface area contributed by atoms with Crippen molar-refractivity contribution in [3.63, 3.8) is 0 Å². The Labute approximate surface area is 172 Å². The number of hydrogen-bond acceptors (Lipinski definition) is 5. The van der Waals surface area contributed by atoms with E-state index in [0.717, 1.165) is 39.3 Å². The van der Waals surface area contributed by atoms with Gasteiger partial charge in [-0.25, -0.2) is 0 Å². The van der Waals surface area contributed by atoms with E-state index in [1.54, 1.807) is 13.2 Å². The Hall–Kier alpha value is -2.57. The van der Waals surface area contributed by atoms with Crippen LogP contribution in [0.3, 0.4) is 0 Å². The number of methoxy groups -OCH3 is 1. The molecule has 1 fully saturated rings. The number of morpholine rings is 1. The molecule has 4 rings (SSSR count). The van der Waals surface area contributed by atoms with Crippen molar-refractivity contribution in [2.24, 2.45) is 0 Å². The summed E-state index contributed by atoms with van der Waals surface area (Å²) in [6.07, 6.45) is 1.08. The van der Waals surface area contributed by atoms with Crippen LogP contribution in [0.4, 0.5) is 5.69 Å². The van der Waals surface area contributed by atoms with Crippen LogP contribution >= 0.6 is 0 Å². The van der Waals surface area contributed by atoms with Crippen LogP contribution in [0.15, 0.2) is 42.5 Å². The van der Waals surface area contributed by atoms with Crippen molar-refractivity contribution < 1.29 is 14.3 Å². The number of benzene rings is 2. The SMILES string of the molecule is COc1cccc(C(=O)NC[C@H](c2ccc3c(c2)CCN3C)N2CCOCC2)c1. The number of nitrogens with zero attached hydrogens (tertiary/aromatic N) is 2. The Kier molecular flexibility index (Phi) is 6.02. The fourth-order valence-corrected chi connectivity index (χ4v) is 4.20. The molecule has 1 atom stereocenters. The number of fused-ring (bicyclic) bond motifs is 1. The highest BCUT2D eigenvalue weighted by atomic mass is 16.5. The quantitative estimate of drug-likeness (QED) is 0.815. The van der Waals surface area contributed by atoms with Crippen molar-refractivity contribution in [2.45, 2.75) is 12.5 Å². The number of likely N-dealkylation sites (N-methyl/N-ethyl adjacent to an activating group) is 1. The fraction of sp³-hybridized carbons (Fsp3) is 0.435. The second-order valence-electron chi connectivity index (χ2n) is 7.67. The molecule has 0 unspecified atom stereocenters. The third-order valence-electron chi connectivity index (χ3n) is 5.89. The first-order chi connectivity index (χ1) is 14.2. The van der Waals surface area contributed by atoms with Crippen LogP contribution in [-0.2, 0) is 11.2 Å². The highest BCUT2D eigenvalue weighted by Gasteiger charge is 2.25. The van der Waals surface area contributed by atoms with Crippen LogP contribution < -0.4 is 15.0 Å². The summed E-state index contributed by atoms with van der Waals surface area (Å²) in [5, 5.41) is 3.14. The first-order valence-corrected chi connectivity index (χ1v) is 10.2. The summed E-state index contributed by atoms with van der Waals surface area (Å²) < 4.78 is 10.8. The van der Waals surface area contributed by atoms with E-state index in [1.807, 2.05) is 18.2 Å². The molecule has 0 spiro atoms. The second-order valence-corrected chi connectivity index (χ2v) is 7.67. The van der Waals surface area contributed by atoms with E-state index in [-0.39, 0.29) is 11.9 Å². The molecule has 2 heterocycles. The summed E-state index contributed by atoms with van der Waals surface area (Å²) in [6.45, 7) is 4.83. The first-order valence-electron chi connectivity index (χ1n) is 10.2. The molecule has 6 heteroatoms. The lowest BCUT2D eigenvalue weighted by atomic mass is 10.00. The van der Waals surface area contributed by atoms with Gasteiger partial charge in [0.1, 0.15) is 5.75 Å². The van der Waals surface area contributed by atoms with Gasteiger partial charge in [0.05, 0.1) is 26.4 Å². The highest BCUT2D eigenvalue weighted by molar-refractivity contribution is 5.94. The van der Waals surface area contributed by atoms with Gasteiger partial charge in [0.15, 0.2) is 0 Å². The number of rotatable bonds is 6. The maximum atomic E-state index is 12.7. The van der Waals surface area contributed by atoms with E-state index < -0.39 is 0 Å². The summed E-state index contributed by atoms with van der Waals surface area (Å²) in [7, 11) is 3.75. The third-order valence-corrected chi connectivity index (χ3v) is 5.89. The number of amides is 1. The lowest BCUT2D eigenvalue weighted by Gasteiger charge is -2.35. The Morgan fingerprint density at radius 2 is 2.00 bits per heavy atom. The minimum atomic E-state index is -0.0805. The number of ether oxygens (including phenoxy) is 2. The molecule has 1 saturated heterocycles. The summed E-state index contributed by atoms with van der Waals surface area (Å²) in [4.78, 5) is 17.5. The van der Waals surface area contributed by atoms with E-state index in [4.69, 9.17) is 9.47 Å². The minimum Gasteiger partial charge on any atom is -0.497 e. The average molecular weight is 396 g/mol. The zero-order valence-electron chi connectivity index (χ0n) is 17.2. The van der Waals surface area contributed by atoms with Crippen molar-refractivity contribution in [1.29, 1.82) is 0 Å². The summed E-state index contributed by atoms with van der Waals surface area (Å²) >= 11 is 0. The Morgan fingerprint density at radius 3 is 2.79 bits per heavy atom. The molecular formula is C23H29N3O3. The molecule has 6 nitrogen and oxygen atoms in total. The van der Waals surface area contributed by atoms with Gasteiger partial charge in [0.2, 0.25) is 0 Å². The fourth-order valence-electron chi connectivity index (χ4n) is 4.20. The van der Waals surface area contributed by atoms with Gasteiger partial charge >= 0.3 is 0 Å². The van der Waals surface area contributed by atoms with Crippen LogP contribution in [0.1, 0.15) is 27.5 Å². The Morgan fingerprint density at radius 1 is 1.17 bits per heavy atom. The molecule has 2 aliphatic heterocycles. The van der Waals surface area contributed by atoms with Crippen LogP contribution in [-0.4, -0.2) is 64.4 Å². The van der Waals surface area contributed by atoms with Crippen LogP contribution in [0.2, 0.25) is 0 Å². The summed E-state index contributed by atoms with van der Waals surface area (Å²) in [6, 6.07) is 14.1. The van der Waals surface area contributed by atoms with Crippen LogP contribution in [0, 0.1) is 0 Å². The van der Waals surface area contributed by atoms with Crippen molar-refractivity contribution in [3.05, 3.63) is 59.2 Å². The number of anilines is 1. The molecule has 2 aliphatic rings. The van der Waals surface area contributed by atoms with Gasteiger partial charge in [-0.05, 0) is 41.8 Å². The summed E-state index contributed by atoms with van der Waals surface area (Å²) in [5.41, 5.74) is 4.57. The zero-order chi connectivity index (χ0) is 20.2. The predicted octanol–water partition coefficient (Wildman–Crippen LogP) is 2.49. The van der Waals surface area contributed by atoms with Gasteiger partial charge in [-0.15, -0.1) is 0 Å². The van der Waals surface area contributed by atoms with Crippen molar-refractivity contribution >= 4 is 11.6 Å². The molecule has 2 aromatic rings. The molecule has 0 aromatic heterocycles. The number of hydrogen-bond donors (Lipinski definition) is 1. The van der Waals surface area contributed by atoms with Crippen molar-refractivity contribution in [3.8, 4) is 5.75 Å². The minimum absolute atomic E-state index is 0.0805. The smallest absolute Gasteiger partial charge is 0.251 e. The standard InChI is InChI=1S/C23H29N3O3/c1-25-9-8-18-14-17(6-7-21(18)25)22(26-10-12-29-13-11-26)16-24-23(27)19-4-3-5-20(15-19)28-2/h3-7,14-15,22H,8-13,16H2,1-2H3,(H,24,27)/t22-/m1/s1. The van der Waals surface area contributed by atoms with E-state index in [2.05, 4.69) is 40.4 Å². The average Bonchev–Trinajstić information content (AvgIpc) is 3.14. The van der Waals surface area contributed by atoms with Gasteiger partial charge in [-0.1, -0.05) is 18.2 Å². The summed E-state index contributed by atoms with van der Waals surface area (Å²) in [5.74, 6) is 0.605. The van der Waals surface area contributed by atoms with E-state index >= 15 is 0 Å². The van der Waals surface area contributed by atoms with Gasteiger partial charge in [0, 0.05) is 44.5 Å². The number of nitrogens with one attached hydrogen (secondary N) is 1. The molecule has 29 heavy (non-hydrogen) atoms. The highest BCUT2D eigenvalue weighted by Crippen LogP contribution is 2.31. The molecule has 1 amide bonds. The van der Waals surface area contributed by atoms with Gasteiger partial charge < -0.3 is 19.7 Å². The first kappa shape index (κ1) is 19.7. The predicted molar refractivity (Wildman–Crippen MR) is 114 cm³/mol. The largest absolute Gasteiger partial charge is 0.497 e. The zero-order valence-corrected chi connectivity index (χ0v) is 17.2. The maximum absolute atomic E-state index is 12.7. The molecule has 2 aromatic carbocycles. The molecule has 0 radical (unpaired) electrons. The van der Waals surface area contributed by atoms with Gasteiger partial charge in [-0.2, -0.15) is 0 Å². The second kappa shape index (κ2) is 8.84. The Bertz CT molecular complexity index is 864. The maximum Gasteiger partial charge on any atom is 0.251 e. The van der Waals surface area contributed by atoms with Crippen LogP contribution in [0.5, 0.6) is 5.75 Å². The lowest BCUT2D eigenvalue weighted by molar-refractivity contribution is 0.0162.